The van der Waals surface area contributed by atoms with Gasteiger partial charge in [0.25, 0.3) is 5.91 Å². The summed E-state index contributed by atoms with van der Waals surface area (Å²) < 4.78 is 0. The van der Waals surface area contributed by atoms with Gasteiger partial charge in [-0.3, -0.25) is 4.79 Å². The van der Waals surface area contributed by atoms with Gasteiger partial charge in [-0.2, -0.15) is 0 Å². The summed E-state index contributed by atoms with van der Waals surface area (Å²) in [5.41, 5.74) is 1.06. The summed E-state index contributed by atoms with van der Waals surface area (Å²) in [6.07, 6.45) is 2.56. The van der Waals surface area contributed by atoms with Crippen LogP contribution in [0.5, 0.6) is 0 Å². The monoisotopic (exact) mass is 366 g/mol. The molecule has 2 rings (SSSR count). The maximum atomic E-state index is 12.2. The predicted molar refractivity (Wildman–Crippen MR) is 100 cm³/mol. The average molecular weight is 367 g/mol. The number of nitrogens with zero attached hydrogens (tertiary/aromatic N) is 2. The third-order valence-electron chi connectivity index (χ3n) is 3.29. The van der Waals surface area contributed by atoms with Crippen LogP contribution in [0.2, 0.25) is 10.0 Å². The Hall–Kier alpha value is -1.82. The zero-order valence-electron chi connectivity index (χ0n) is 13.6. The molecule has 0 atom stereocenters. The molecule has 0 aliphatic rings. The second-order valence-corrected chi connectivity index (χ2v) is 6.41. The standard InChI is InChI=1S/C17H20Cl2N4O/c1-23(2)9-3-8-20-16-7-4-12(11-21-16)17(24)22-13-5-6-14(18)15(19)10-13/h4-7,10-11H,3,8-9H2,1-2H3,(H,20,21)(H,22,24). The van der Waals surface area contributed by atoms with Crippen LogP contribution in [0.4, 0.5) is 11.5 Å². The van der Waals surface area contributed by atoms with Crippen LogP contribution < -0.4 is 10.6 Å². The number of pyridine rings is 1. The molecule has 0 unspecified atom stereocenters. The molecular formula is C17H20Cl2N4O. The van der Waals surface area contributed by atoms with Gasteiger partial charge in [-0.05, 0) is 57.4 Å². The average Bonchev–Trinajstić information content (AvgIpc) is 2.55. The van der Waals surface area contributed by atoms with Crippen LogP contribution in [0, 0.1) is 0 Å². The zero-order chi connectivity index (χ0) is 17.5. The minimum absolute atomic E-state index is 0.250. The third-order valence-corrected chi connectivity index (χ3v) is 4.03. The summed E-state index contributed by atoms with van der Waals surface area (Å²) in [6, 6.07) is 8.46. The van der Waals surface area contributed by atoms with Gasteiger partial charge >= 0.3 is 0 Å². The second kappa shape index (κ2) is 8.87. The molecule has 7 heteroatoms. The van der Waals surface area contributed by atoms with Crippen LogP contribution in [0.25, 0.3) is 0 Å². The molecule has 5 nitrogen and oxygen atoms in total. The van der Waals surface area contributed by atoms with Gasteiger partial charge in [0.1, 0.15) is 5.82 Å². The normalized spacial score (nSPS) is 10.7. The van der Waals surface area contributed by atoms with Crippen molar-refractivity contribution in [1.29, 1.82) is 0 Å². The highest BCUT2D eigenvalue weighted by atomic mass is 35.5. The van der Waals surface area contributed by atoms with E-state index in [4.69, 9.17) is 23.2 Å². The Labute approximate surface area is 152 Å². The van der Waals surface area contributed by atoms with E-state index in [1.807, 2.05) is 14.1 Å². The van der Waals surface area contributed by atoms with Gasteiger partial charge in [-0.15, -0.1) is 0 Å². The Morgan fingerprint density at radius 1 is 1.17 bits per heavy atom. The van der Waals surface area contributed by atoms with Crippen LogP contribution in [0.1, 0.15) is 16.8 Å². The lowest BCUT2D eigenvalue weighted by atomic mass is 10.2. The van der Waals surface area contributed by atoms with Crippen LogP contribution in [-0.2, 0) is 0 Å². The first kappa shape index (κ1) is 18.5. The van der Waals surface area contributed by atoms with Gasteiger partial charge in [0.15, 0.2) is 0 Å². The molecule has 128 valence electrons. The number of rotatable bonds is 7. The van der Waals surface area contributed by atoms with Crippen molar-refractivity contribution in [3.05, 3.63) is 52.1 Å². The van der Waals surface area contributed by atoms with Gasteiger partial charge in [0.2, 0.25) is 0 Å². The molecular weight excluding hydrogens is 347 g/mol. The van der Waals surface area contributed by atoms with E-state index in [0.717, 1.165) is 25.3 Å². The van der Waals surface area contributed by atoms with E-state index in [0.29, 0.717) is 21.3 Å². The smallest absolute Gasteiger partial charge is 0.257 e. The first-order chi connectivity index (χ1) is 11.5. The number of hydrogen-bond acceptors (Lipinski definition) is 4. The largest absolute Gasteiger partial charge is 0.370 e. The van der Waals surface area contributed by atoms with Crippen molar-refractivity contribution in [3.8, 4) is 0 Å². The molecule has 1 amide bonds. The Morgan fingerprint density at radius 2 is 1.96 bits per heavy atom. The van der Waals surface area contributed by atoms with Crippen molar-refractivity contribution in [2.75, 3.05) is 37.8 Å². The maximum Gasteiger partial charge on any atom is 0.257 e. The molecule has 0 fully saturated rings. The van der Waals surface area contributed by atoms with E-state index in [-0.39, 0.29) is 5.91 Å². The van der Waals surface area contributed by atoms with Crippen LogP contribution in [0.15, 0.2) is 36.5 Å². The molecule has 0 bridgehead atoms. The van der Waals surface area contributed by atoms with Crippen molar-refractivity contribution in [1.82, 2.24) is 9.88 Å². The summed E-state index contributed by atoms with van der Waals surface area (Å²) in [5.74, 6) is 0.500. The summed E-state index contributed by atoms with van der Waals surface area (Å²) in [7, 11) is 4.08. The Morgan fingerprint density at radius 3 is 2.58 bits per heavy atom. The predicted octanol–water partition coefficient (Wildman–Crippen LogP) is 4.00. The summed E-state index contributed by atoms with van der Waals surface area (Å²) in [5, 5.41) is 6.83. The Balaban J connectivity index is 1.89. The highest BCUT2D eigenvalue weighted by Gasteiger charge is 2.08. The van der Waals surface area contributed by atoms with Crippen molar-refractivity contribution in [2.24, 2.45) is 0 Å². The van der Waals surface area contributed by atoms with Crippen LogP contribution >= 0.6 is 23.2 Å². The van der Waals surface area contributed by atoms with Crippen molar-refractivity contribution in [3.63, 3.8) is 0 Å². The maximum absolute atomic E-state index is 12.2. The topological polar surface area (TPSA) is 57.3 Å². The number of aromatic nitrogens is 1. The zero-order valence-corrected chi connectivity index (χ0v) is 15.2. The number of carbonyl (C=O) groups excluding carboxylic acids is 1. The molecule has 24 heavy (non-hydrogen) atoms. The lowest BCUT2D eigenvalue weighted by Gasteiger charge is -2.10. The fraction of sp³-hybridized carbons (Fsp3) is 0.294. The van der Waals surface area contributed by atoms with Crippen LogP contribution in [0.3, 0.4) is 0 Å². The molecule has 2 aromatic rings. The highest BCUT2D eigenvalue weighted by Crippen LogP contribution is 2.25. The molecule has 0 saturated heterocycles. The van der Waals surface area contributed by atoms with E-state index in [1.54, 1.807) is 36.5 Å². The number of hydrogen-bond donors (Lipinski definition) is 2. The highest BCUT2D eigenvalue weighted by molar-refractivity contribution is 6.42. The molecule has 1 aromatic heterocycles. The molecule has 0 radical (unpaired) electrons. The Kier molecular flexibility index (Phi) is 6.85. The molecule has 2 N–H and O–H groups in total. The molecule has 0 aliphatic carbocycles. The number of halogens is 2. The van der Waals surface area contributed by atoms with E-state index >= 15 is 0 Å². The SMILES string of the molecule is CN(C)CCCNc1ccc(C(=O)Nc2ccc(Cl)c(Cl)c2)cn1. The molecule has 1 heterocycles. The van der Waals surface area contributed by atoms with Gasteiger partial charge in [0.05, 0.1) is 15.6 Å². The minimum atomic E-state index is -0.250. The first-order valence-corrected chi connectivity index (χ1v) is 8.32. The van der Waals surface area contributed by atoms with E-state index < -0.39 is 0 Å². The van der Waals surface area contributed by atoms with Gasteiger partial charge < -0.3 is 15.5 Å². The number of anilines is 2. The second-order valence-electron chi connectivity index (χ2n) is 5.60. The van der Waals surface area contributed by atoms with Crippen molar-refractivity contribution in [2.45, 2.75) is 6.42 Å². The molecule has 1 aromatic carbocycles. The quantitative estimate of drug-likeness (QED) is 0.727. The van der Waals surface area contributed by atoms with Crippen molar-refractivity contribution < 1.29 is 4.79 Å². The van der Waals surface area contributed by atoms with E-state index in [2.05, 4.69) is 20.5 Å². The van der Waals surface area contributed by atoms with E-state index in [9.17, 15) is 4.79 Å². The van der Waals surface area contributed by atoms with Gasteiger partial charge in [-0.25, -0.2) is 4.98 Å². The van der Waals surface area contributed by atoms with Crippen LogP contribution in [-0.4, -0.2) is 43.0 Å². The fourth-order valence-corrected chi connectivity index (χ4v) is 2.32. The fourth-order valence-electron chi connectivity index (χ4n) is 2.02. The summed E-state index contributed by atoms with van der Waals surface area (Å²) in [6.45, 7) is 1.84. The number of nitrogens with one attached hydrogen (secondary N) is 2. The summed E-state index contributed by atoms with van der Waals surface area (Å²) >= 11 is 11.8. The lowest BCUT2D eigenvalue weighted by molar-refractivity contribution is 0.102. The number of carbonyl (C=O) groups is 1. The Bertz CT molecular complexity index is 689. The lowest BCUT2D eigenvalue weighted by Crippen LogP contribution is -2.17. The van der Waals surface area contributed by atoms with E-state index in [1.165, 1.54) is 0 Å². The van der Waals surface area contributed by atoms with Crippen molar-refractivity contribution >= 4 is 40.6 Å². The number of amides is 1. The molecule has 0 aliphatic heterocycles. The minimum Gasteiger partial charge on any atom is -0.370 e. The molecule has 0 saturated carbocycles. The first-order valence-electron chi connectivity index (χ1n) is 7.57. The summed E-state index contributed by atoms with van der Waals surface area (Å²) in [4.78, 5) is 18.6. The van der Waals surface area contributed by atoms with Gasteiger partial charge in [0, 0.05) is 18.4 Å². The molecule has 0 spiro atoms. The third kappa shape index (κ3) is 5.67. The number of benzene rings is 1. The van der Waals surface area contributed by atoms with Gasteiger partial charge in [-0.1, -0.05) is 23.2 Å².